The molecule has 3 aliphatic rings. The average Bonchev–Trinajstić information content (AvgIpc) is 3.19. The molecule has 38 heavy (non-hydrogen) atoms. The summed E-state index contributed by atoms with van der Waals surface area (Å²) in [5.41, 5.74) is 1.03. The number of carbonyl (C=O) groups excluding carboxylic acids is 1. The van der Waals surface area contributed by atoms with Crippen LogP contribution in [0.1, 0.15) is 37.7 Å². The van der Waals surface area contributed by atoms with Gasteiger partial charge in [0.1, 0.15) is 0 Å². The number of likely N-dealkylation sites (tertiary alicyclic amines) is 1. The van der Waals surface area contributed by atoms with Crippen molar-refractivity contribution < 1.29 is 55.7 Å². The first-order valence-corrected chi connectivity index (χ1v) is 11.8. The van der Waals surface area contributed by atoms with Gasteiger partial charge in [-0.1, -0.05) is 12.5 Å². The summed E-state index contributed by atoms with van der Waals surface area (Å²) in [6, 6.07) is 4.70. The topological polar surface area (TPSA) is 129 Å². The lowest BCUT2D eigenvalue weighted by Crippen LogP contribution is -2.49. The van der Waals surface area contributed by atoms with E-state index in [9.17, 15) is 31.1 Å². The molecule has 3 heterocycles. The van der Waals surface area contributed by atoms with E-state index in [4.69, 9.17) is 24.5 Å². The number of fused-ring (bicyclic) bond motifs is 1. The SMILES string of the molecule is O=C(C[C@@H]1OC[C@H]2CN(C3CCC3)CC[C@H]21)NCc1cccnc1.O=C(O)C(F)(F)F.O=C(O)C(F)(F)F. The molecule has 0 spiro atoms. The van der Waals surface area contributed by atoms with Crippen LogP contribution >= 0.6 is 0 Å². The number of hydrogen-bond acceptors (Lipinski definition) is 6. The van der Waals surface area contributed by atoms with E-state index in [-0.39, 0.29) is 12.0 Å². The lowest BCUT2D eigenvalue weighted by molar-refractivity contribution is -0.193. The van der Waals surface area contributed by atoms with Gasteiger partial charge >= 0.3 is 24.3 Å². The predicted octanol–water partition coefficient (Wildman–Crippen LogP) is 3.24. The van der Waals surface area contributed by atoms with Gasteiger partial charge in [-0.2, -0.15) is 26.3 Å². The van der Waals surface area contributed by atoms with Gasteiger partial charge in [0, 0.05) is 37.4 Å². The fraction of sp³-hybridized carbons (Fsp3) is 0.652. The number of carboxylic acids is 2. The first kappa shape index (κ1) is 31.3. The van der Waals surface area contributed by atoms with Crippen LogP contribution in [-0.4, -0.2) is 82.1 Å². The second-order valence-electron chi connectivity index (χ2n) is 9.11. The number of carbonyl (C=O) groups is 3. The van der Waals surface area contributed by atoms with E-state index in [1.165, 1.54) is 38.8 Å². The standard InChI is InChI=1S/C19H27N3O2.2C2HF3O2/c23-19(21-11-14-3-2-7-20-10-14)9-18-17-6-8-22(16-4-1-5-16)12-15(17)13-24-18;2*3-2(4,5)1(6)7/h2-3,7,10,15-18H,1,4-6,8-9,11-13H2,(H,21,23);2*(H,6,7)/t15-,17-,18+;;/m1../s1. The fourth-order valence-electron chi connectivity index (χ4n) is 4.37. The Labute approximate surface area is 214 Å². The van der Waals surface area contributed by atoms with E-state index < -0.39 is 24.3 Å². The van der Waals surface area contributed by atoms with Crippen molar-refractivity contribution in [3.63, 3.8) is 0 Å². The summed E-state index contributed by atoms with van der Waals surface area (Å²) in [6.07, 6.45) is -0.714. The molecule has 4 rings (SSSR count). The summed E-state index contributed by atoms with van der Waals surface area (Å²) in [5.74, 6) is -4.24. The molecule has 3 fully saturated rings. The van der Waals surface area contributed by atoms with Gasteiger partial charge in [0.2, 0.25) is 5.91 Å². The van der Waals surface area contributed by atoms with Gasteiger partial charge in [-0.3, -0.25) is 9.78 Å². The molecule has 0 unspecified atom stereocenters. The van der Waals surface area contributed by atoms with Crippen molar-refractivity contribution in [3.8, 4) is 0 Å². The van der Waals surface area contributed by atoms with Gasteiger partial charge in [-0.15, -0.1) is 0 Å². The molecule has 9 nitrogen and oxygen atoms in total. The highest BCUT2D eigenvalue weighted by Gasteiger charge is 2.43. The Morgan fingerprint density at radius 1 is 1.05 bits per heavy atom. The van der Waals surface area contributed by atoms with Crippen LogP contribution in [0.3, 0.4) is 0 Å². The summed E-state index contributed by atoms with van der Waals surface area (Å²) in [4.78, 5) is 36.8. The van der Waals surface area contributed by atoms with Gasteiger partial charge in [0.15, 0.2) is 0 Å². The Morgan fingerprint density at radius 2 is 1.66 bits per heavy atom. The Morgan fingerprint density at radius 3 is 2.13 bits per heavy atom. The minimum absolute atomic E-state index is 0.0888. The van der Waals surface area contributed by atoms with Crippen molar-refractivity contribution in [3.05, 3.63) is 30.1 Å². The third-order valence-corrected chi connectivity index (χ3v) is 6.50. The molecule has 1 saturated carbocycles. The first-order chi connectivity index (χ1) is 17.7. The van der Waals surface area contributed by atoms with Crippen LogP contribution < -0.4 is 5.32 Å². The summed E-state index contributed by atoms with van der Waals surface area (Å²) in [6.45, 7) is 3.73. The summed E-state index contributed by atoms with van der Waals surface area (Å²) < 4.78 is 69.5. The highest BCUT2D eigenvalue weighted by molar-refractivity contribution is 5.76. The van der Waals surface area contributed by atoms with Gasteiger partial charge in [0.25, 0.3) is 0 Å². The zero-order valence-corrected chi connectivity index (χ0v) is 20.2. The number of aliphatic carboxylic acids is 2. The smallest absolute Gasteiger partial charge is 0.475 e. The number of alkyl halides is 6. The Kier molecular flexibility index (Phi) is 11.3. The molecule has 1 amide bonds. The Hall–Kier alpha value is -2.94. The number of aromatic nitrogens is 1. The van der Waals surface area contributed by atoms with Gasteiger partial charge < -0.3 is 25.2 Å². The summed E-state index contributed by atoms with van der Waals surface area (Å²) >= 11 is 0. The van der Waals surface area contributed by atoms with Crippen LogP contribution in [0.4, 0.5) is 26.3 Å². The third-order valence-electron chi connectivity index (χ3n) is 6.50. The molecule has 2 saturated heterocycles. The van der Waals surface area contributed by atoms with Crippen LogP contribution in [0.25, 0.3) is 0 Å². The van der Waals surface area contributed by atoms with Crippen LogP contribution in [-0.2, 0) is 25.7 Å². The zero-order chi connectivity index (χ0) is 28.5. The average molecular weight is 557 g/mol. The predicted molar refractivity (Wildman–Crippen MR) is 119 cm³/mol. The van der Waals surface area contributed by atoms with E-state index in [2.05, 4.69) is 15.2 Å². The maximum Gasteiger partial charge on any atom is 0.490 e. The number of pyridine rings is 1. The number of ether oxygens (including phenoxy) is 1. The molecule has 3 atom stereocenters. The molecule has 1 aromatic rings. The number of amides is 1. The Bertz CT molecular complexity index is 902. The Balaban J connectivity index is 0.000000301. The highest BCUT2D eigenvalue weighted by Crippen LogP contribution is 2.38. The van der Waals surface area contributed by atoms with Gasteiger partial charge in [-0.05, 0) is 43.4 Å². The normalized spacial score (nSPS) is 23.5. The van der Waals surface area contributed by atoms with Crippen LogP contribution in [0.2, 0.25) is 0 Å². The minimum atomic E-state index is -5.08. The lowest BCUT2D eigenvalue weighted by atomic mass is 9.80. The van der Waals surface area contributed by atoms with Crippen LogP contribution in [0.15, 0.2) is 24.5 Å². The largest absolute Gasteiger partial charge is 0.490 e. The number of nitrogens with zero attached hydrogens (tertiary/aromatic N) is 2. The van der Waals surface area contributed by atoms with E-state index in [1.54, 1.807) is 12.4 Å². The monoisotopic (exact) mass is 557 g/mol. The number of rotatable bonds is 5. The van der Waals surface area contributed by atoms with Crippen LogP contribution in [0.5, 0.6) is 0 Å². The van der Waals surface area contributed by atoms with Crippen molar-refractivity contribution in [2.45, 2.75) is 63.1 Å². The van der Waals surface area contributed by atoms with Crippen molar-refractivity contribution in [2.24, 2.45) is 11.8 Å². The fourth-order valence-corrected chi connectivity index (χ4v) is 4.37. The summed E-state index contributed by atoms with van der Waals surface area (Å²) in [7, 11) is 0. The van der Waals surface area contributed by atoms with Crippen molar-refractivity contribution in [1.29, 1.82) is 0 Å². The maximum absolute atomic E-state index is 12.3. The van der Waals surface area contributed by atoms with Crippen molar-refractivity contribution in [2.75, 3.05) is 19.7 Å². The molecule has 214 valence electrons. The summed E-state index contributed by atoms with van der Waals surface area (Å²) in [5, 5.41) is 17.2. The van der Waals surface area contributed by atoms with Crippen molar-refractivity contribution >= 4 is 17.8 Å². The van der Waals surface area contributed by atoms with E-state index in [0.29, 0.717) is 24.8 Å². The molecule has 1 aromatic heterocycles. The lowest BCUT2D eigenvalue weighted by Gasteiger charge is -2.43. The molecule has 15 heteroatoms. The number of carboxylic acid groups (broad SMARTS) is 2. The number of piperidine rings is 1. The highest BCUT2D eigenvalue weighted by atomic mass is 19.4. The molecule has 0 bridgehead atoms. The van der Waals surface area contributed by atoms with E-state index in [1.807, 2.05) is 12.1 Å². The number of nitrogens with one attached hydrogen (secondary N) is 1. The van der Waals surface area contributed by atoms with Crippen LogP contribution in [0, 0.1) is 11.8 Å². The van der Waals surface area contributed by atoms with Gasteiger partial charge in [-0.25, -0.2) is 9.59 Å². The maximum atomic E-state index is 12.3. The molecule has 3 N–H and O–H groups in total. The van der Waals surface area contributed by atoms with E-state index >= 15 is 0 Å². The molecule has 1 aliphatic carbocycles. The second-order valence-corrected chi connectivity index (χ2v) is 9.11. The molecule has 2 aliphatic heterocycles. The number of halogens is 6. The molecule has 0 radical (unpaired) electrons. The van der Waals surface area contributed by atoms with E-state index in [0.717, 1.165) is 18.2 Å². The minimum Gasteiger partial charge on any atom is -0.475 e. The first-order valence-electron chi connectivity index (χ1n) is 11.8. The zero-order valence-electron chi connectivity index (χ0n) is 20.2. The molecular formula is C23H29F6N3O6. The van der Waals surface area contributed by atoms with Gasteiger partial charge in [0.05, 0.1) is 19.1 Å². The molecule has 0 aromatic carbocycles. The second kappa shape index (κ2) is 13.7. The quantitative estimate of drug-likeness (QED) is 0.471. The number of hydrogen-bond donors (Lipinski definition) is 3. The third kappa shape index (κ3) is 10.1. The van der Waals surface area contributed by atoms with Crippen molar-refractivity contribution in [1.82, 2.24) is 15.2 Å². The molecular weight excluding hydrogens is 528 g/mol.